The summed E-state index contributed by atoms with van der Waals surface area (Å²) >= 11 is 4.78. The van der Waals surface area contributed by atoms with Gasteiger partial charge in [0.2, 0.25) is 5.91 Å². The lowest BCUT2D eigenvalue weighted by Crippen LogP contribution is -2.42. The van der Waals surface area contributed by atoms with Crippen molar-refractivity contribution in [1.29, 1.82) is 0 Å². The monoisotopic (exact) mass is 218 g/mol. The average Bonchev–Trinajstić information content (AvgIpc) is 2.14. The van der Waals surface area contributed by atoms with Crippen LogP contribution in [0.3, 0.4) is 0 Å². The Bertz CT molecular complexity index is 209. The predicted molar refractivity (Wildman–Crippen MR) is 60.1 cm³/mol. The van der Waals surface area contributed by atoms with Gasteiger partial charge in [0.25, 0.3) is 0 Å². The van der Waals surface area contributed by atoms with Gasteiger partial charge in [-0.25, -0.2) is 0 Å². The molecule has 0 rings (SSSR count). The van der Waals surface area contributed by atoms with Crippen LogP contribution in [0.5, 0.6) is 0 Å². The molecule has 5 heteroatoms. The number of nitrogens with one attached hydrogen (secondary N) is 1. The fourth-order valence-electron chi connectivity index (χ4n) is 0.966. The van der Waals surface area contributed by atoms with Gasteiger partial charge in [0.05, 0.1) is 4.99 Å². The van der Waals surface area contributed by atoms with Crippen LogP contribution in [-0.4, -0.2) is 30.2 Å². The highest BCUT2D eigenvalue weighted by Crippen LogP contribution is 1.99. The number of hydrogen-bond donors (Lipinski definition) is 2. The first-order valence-corrected chi connectivity index (χ1v) is 5.03. The highest BCUT2D eigenvalue weighted by atomic mass is 32.1. The Hall–Kier alpha value is -0.680. The van der Waals surface area contributed by atoms with E-state index in [2.05, 4.69) is 5.32 Å². The van der Waals surface area contributed by atoms with Gasteiger partial charge < -0.3 is 15.8 Å². The second-order valence-corrected chi connectivity index (χ2v) is 3.69. The lowest BCUT2D eigenvalue weighted by molar-refractivity contribution is -0.130. The fourth-order valence-corrected chi connectivity index (χ4v) is 1.17. The Labute approximate surface area is 90.2 Å². The Morgan fingerprint density at radius 2 is 2.21 bits per heavy atom. The van der Waals surface area contributed by atoms with Gasteiger partial charge in [-0.3, -0.25) is 4.79 Å². The zero-order chi connectivity index (χ0) is 11.1. The average molecular weight is 218 g/mol. The van der Waals surface area contributed by atoms with Gasteiger partial charge in [-0.2, -0.15) is 0 Å². The molecule has 0 aromatic carbocycles. The third kappa shape index (κ3) is 5.14. The maximum atomic E-state index is 11.4. The molecule has 2 unspecified atom stereocenters. The normalized spacial score (nSPS) is 14.5. The minimum Gasteiger partial charge on any atom is -0.393 e. The van der Waals surface area contributed by atoms with Crippen molar-refractivity contribution in [3.63, 3.8) is 0 Å². The van der Waals surface area contributed by atoms with Crippen LogP contribution >= 0.6 is 12.2 Å². The van der Waals surface area contributed by atoms with Gasteiger partial charge in [0, 0.05) is 19.6 Å². The van der Waals surface area contributed by atoms with Gasteiger partial charge >= 0.3 is 0 Å². The first-order chi connectivity index (χ1) is 6.51. The van der Waals surface area contributed by atoms with Crippen molar-refractivity contribution in [2.75, 3.05) is 7.11 Å². The third-order valence-corrected chi connectivity index (χ3v) is 2.18. The van der Waals surface area contributed by atoms with Crippen LogP contribution in [0.1, 0.15) is 26.7 Å². The Morgan fingerprint density at radius 3 is 2.57 bits per heavy atom. The van der Waals surface area contributed by atoms with E-state index in [1.165, 1.54) is 7.11 Å². The summed E-state index contributed by atoms with van der Waals surface area (Å²) in [5, 5.41) is 2.82. The summed E-state index contributed by atoms with van der Waals surface area (Å²) in [6.45, 7) is 3.67. The molecule has 0 aliphatic carbocycles. The molecule has 82 valence electrons. The maximum absolute atomic E-state index is 11.4. The molecule has 0 aromatic rings. The van der Waals surface area contributed by atoms with E-state index in [0.717, 1.165) is 6.42 Å². The molecule has 0 aliphatic heterocycles. The lowest BCUT2D eigenvalue weighted by atomic mass is 10.1. The van der Waals surface area contributed by atoms with E-state index in [4.69, 9.17) is 22.7 Å². The quantitative estimate of drug-likeness (QED) is 0.641. The van der Waals surface area contributed by atoms with Gasteiger partial charge in [-0.15, -0.1) is 0 Å². The summed E-state index contributed by atoms with van der Waals surface area (Å²) in [5.41, 5.74) is 5.40. The molecule has 0 bridgehead atoms. The molecule has 2 atom stereocenters. The Morgan fingerprint density at radius 1 is 1.64 bits per heavy atom. The molecule has 3 N–H and O–H groups in total. The summed E-state index contributed by atoms with van der Waals surface area (Å²) in [7, 11) is 1.50. The SMILES string of the molecule is CCC(CC(N)=S)NC(=O)C(C)OC. The lowest BCUT2D eigenvalue weighted by Gasteiger charge is -2.18. The minimum atomic E-state index is -0.435. The molecular formula is C9H18N2O2S. The van der Waals surface area contributed by atoms with Gasteiger partial charge in [0.15, 0.2) is 0 Å². The van der Waals surface area contributed by atoms with Crippen LogP contribution < -0.4 is 11.1 Å². The van der Waals surface area contributed by atoms with E-state index >= 15 is 0 Å². The molecule has 4 nitrogen and oxygen atoms in total. The fraction of sp³-hybridized carbons (Fsp3) is 0.778. The topological polar surface area (TPSA) is 64.3 Å². The van der Waals surface area contributed by atoms with Crippen molar-refractivity contribution in [2.45, 2.75) is 38.8 Å². The zero-order valence-corrected chi connectivity index (χ0v) is 9.69. The Balaban J connectivity index is 4.04. The van der Waals surface area contributed by atoms with E-state index in [1.54, 1.807) is 6.92 Å². The number of thiocarbonyl (C=S) groups is 1. The van der Waals surface area contributed by atoms with Gasteiger partial charge in [-0.05, 0) is 13.3 Å². The van der Waals surface area contributed by atoms with E-state index in [-0.39, 0.29) is 11.9 Å². The zero-order valence-electron chi connectivity index (χ0n) is 8.87. The summed E-state index contributed by atoms with van der Waals surface area (Å²) in [6, 6.07) is 0.0117. The largest absolute Gasteiger partial charge is 0.393 e. The first kappa shape index (κ1) is 13.3. The molecule has 0 aromatic heterocycles. The van der Waals surface area contributed by atoms with Crippen LogP contribution in [0.4, 0.5) is 0 Å². The second-order valence-electron chi connectivity index (χ2n) is 3.16. The highest BCUT2D eigenvalue weighted by Gasteiger charge is 2.16. The van der Waals surface area contributed by atoms with E-state index < -0.39 is 6.10 Å². The molecule has 0 radical (unpaired) electrons. The number of ether oxygens (including phenoxy) is 1. The van der Waals surface area contributed by atoms with E-state index in [9.17, 15) is 4.79 Å². The smallest absolute Gasteiger partial charge is 0.249 e. The van der Waals surface area contributed by atoms with Crippen LogP contribution in [0.25, 0.3) is 0 Å². The van der Waals surface area contributed by atoms with Gasteiger partial charge in [-0.1, -0.05) is 19.1 Å². The van der Waals surface area contributed by atoms with E-state index in [0.29, 0.717) is 11.4 Å². The molecule has 0 aliphatic rings. The number of amides is 1. The third-order valence-electron chi connectivity index (χ3n) is 2.01. The number of nitrogens with two attached hydrogens (primary N) is 1. The van der Waals surface area contributed by atoms with Gasteiger partial charge in [0.1, 0.15) is 6.10 Å². The molecule has 0 saturated carbocycles. The Kier molecular flexibility index (Phi) is 6.40. The predicted octanol–water partition coefficient (Wildman–Crippen LogP) is 0.592. The molecule has 0 spiro atoms. The molecular weight excluding hydrogens is 200 g/mol. The second kappa shape index (κ2) is 6.73. The number of methoxy groups -OCH3 is 1. The summed E-state index contributed by atoms with van der Waals surface area (Å²) in [5.74, 6) is -0.129. The number of carbonyl (C=O) groups excluding carboxylic acids is 1. The molecule has 1 amide bonds. The molecule has 0 fully saturated rings. The summed E-state index contributed by atoms with van der Waals surface area (Å²) in [6.07, 6.45) is 0.906. The first-order valence-electron chi connectivity index (χ1n) is 4.62. The summed E-state index contributed by atoms with van der Waals surface area (Å²) < 4.78 is 4.89. The number of hydrogen-bond acceptors (Lipinski definition) is 3. The van der Waals surface area contributed by atoms with E-state index in [1.807, 2.05) is 6.92 Å². The van der Waals surface area contributed by atoms with Crippen LogP contribution in [0.15, 0.2) is 0 Å². The molecule has 14 heavy (non-hydrogen) atoms. The van der Waals surface area contributed by atoms with Crippen molar-refractivity contribution in [3.8, 4) is 0 Å². The number of carbonyl (C=O) groups is 1. The number of rotatable bonds is 6. The van der Waals surface area contributed by atoms with Crippen molar-refractivity contribution < 1.29 is 9.53 Å². The van der Waals surface area contributed by atoms with Crippen molar-refractivity contribution in [3.05, 3.63) is 0 Å². The minimum absolute atomic E-state index is 0.0117. The maximum Gasteiger partial charge on any atom is 0.249 e. The van der Waals surface area contributed by atoms with Crippen molar-refractivity contribution >= 4 is 23.1 Å². The molecule has 0 saturated heterocycles. The van der Waals surface area contributed by atoms with Crippen LogP contribution in [0, 0.1) is 0 Å². The van der Waals surface area contributed by atoms with Crippen molar-refractivity contribution in [1.82, 2.24) is 5.32 Å². The molecule has 0 heterocycles. The highest BCUT2D eigenvalue weighted by molar-refractivity contribution is 7.80. The van der Waals surface area contributed by atoms with Crippen molar-refractivity contribution in [2.24, 2.45) is 5.73 Å². The summed E-state index contributed by atoms with van der Waals surface area (Å²) in [4.78, 5) is 11.8. The van der Waals surface area contributed by atoms with Crippen LogP contribution in [-0.2, 0) is 9.53 Å². The van der Waals surface area contributed by atoms with Crippen LogP contribution in [0.2, 0.25) is 0 Å². The standard InChI is InChI=1S/C9H18N2O2S/c1-4-7(5-8(10)14)11-9(12)6(2)13-3/h6-7H,4-5H2,1-3H3,(H2,10,14)(H,11,12).